The first kappa shape index (κ1) is 10.7. The minimum absolute atomic E-state index is 0.326. The molecule has 0 bridgehead atoms. The van der Waals surface area contributed by atoms with Crippen LogP contribution >= 0.6 is 11.6 Å². The number of alkyl halides is 1. The van der Waals surface area contributed by atoms with Crippen LogP contribution in [-0.4, -0.2) is 11.7 Å². The third-order valence-corrected chi connectivity index (χ3v) is 1.72. The molecule has 0 atom stereocenters. The number of carbonyl (C=O) groups is 1. The SMILES string of the molecule is C=CCCCC(=O)CCCCl. The van der Waals surface area contributed by atoms with Crippen LogP contribution in [0.15, 0.2) is 12.7 Å². The van der Waals surface area contributed by atoms with Crippen LogP contribution in [0.3, 0.4) is 0 Å². The van der Waals surface area contributed by atoms with Gasteiger partial charge in [0.2, 0.25) is 0 Å². The normalized spacial score (nSPS) is 9.55. The largest absolute Gasteiger partial charge is 0.300 e. The van der Waals surface area contributed by atoms with Gasteiger partial charge in [0.05, 0.1) is 0 Å². The van der Waals surface area contributed by atoms with Gasteiger partial charge in [0.1, 0.15) is 5.78 Å². The van der Waals surface area contributed by atoms with Gasteiger partial charge in [0, 0.05) is 18.7 Å². The smallest absolute Gasteiger partial charge is 0.132 e. The maximum Gasteiger partial charge on any atom is 0.132 e. The number of carbonyl (C=O) groups excluding carboxylic acids is 1. The van der Waals surface area contributed by atoms with Crippen molar-refractivity contribution in [3.05, 3.63) is 12.7 Å². The number of Topliss-reactive ketones (excluding diaryl/α,β-unsaturated/α-hetero) is 1. The molecule has 0 N–H and O–H groups in total. The Bertz CT molecular complexity index is 121. The van der Waals surface area contributed by atoms with E-state index in [-0.39, 0.29) is 0 Å². The maximum atomic E-state index is 11.0. The number of allylic oxidation sites excluding steroid dienone is 1. The molecule has 0 rings (SSSR count). The van der Waals surface area contributed by atoms with E-state index >= 15 is 0 Å². The van der Waals surface area contributed by atoms with E-state index in [0.717, 1.165) is 19.3 Å². The van der Waals surface area contributed by atoms with Gasteiger partial charge in [-0.1, -0.05) is 6.08 Å². The lowest BCUT2D eigenvalue weighted by molar-refractivity contribution is -0.119. The summed E-state index contributed by atoms with van der Waals surface area (Å²) in [7, 11) is 0. The molecular weight excluding hydrogens is 160 g/mol. The first-order valence-electron chi connectivity index (χ1n) is 3.99. The summed E-state index contributed by atoms with van der Waals surface area (Å²) < 4.78 is 0. The van der Waals surface area contributed by atoms with E-state index < -0.39 is 0 Å². The molecule has 1 nitrogen and oxygen atoms in total. The fraction of sp³-hybridized carbons (Fsp3) is 0.667. The van der Waals surface area contributed by atoms with Crippen molar-refractivity contribution in [2.24, 2.45) is 0 Å². The van der Waals surface area contributed by atoms with Gasteiger partial charge in [-0.05, 0) is 19.3 Å². The first-order valence-corrected chi connectivity index (χ1v) is 4.53. The van der Waals surface area contributed by atoms with Gasteiger partial charge < -0.3 is 0 Å². The van der Waals surface area contributed by atoms with E-state index in [0.29, 0.717) is 24.5 Å². The number of rotatable bonds is 7. The molecule has 0 amide bonds. The van der Waals surface area contributed by atoms with E-state index in [1.165, 1.54) is 0 Å². The second-order valence-electron chi connectivity index (χ2n) is 2.51. The lowest BCUT2D eigenvalue weighted by Gasteiger charge is -1.96. The molecule has 0 radical (unpaired) electrons. The Hall–Kier alpha value is -0.300. The van der Waals surface area contributed by atoms with Crippen LogP contribution < -0.4 is 0 Å². The molecule has 2 heteroatoms. The number of hydrogen-bond donors (Lipinski definition) is 0. The van der Waals surface area contributed by atoms with E-state index in [1.807, 2.05) is 6.08 Å². The molecule has 0 heterocycles. The van der Waals surface area contributed by atoms with Crippen molar-refractivity contribution >= 4 is 17.4 Å². The molecule has 0 saturated carbocycles. The van der Waals surface area contributed by atoms with Gasteiger partial charge in [-0.2, -0.15) is 0 Å². The highest BCUT2D eigenvalue weighted by Crippen LogP contribution is 2.02. The standard InChI is InChI=1S/C9H15ClO/c1-2-3-4-6-9(11)7-5-8-10/h2H,1,3-8H2. The van der Waals surface area contributed by atoms with Crippen molar-refractivity contribution in [2.75, 3.05) is 5.88 Å². The molecule has 11 heavy (non-hydrogen) atoms. The highest BCUT2D eigenvalue weighted by atomic mass is 35.5. The topological polar surface area (TPSA) is 17.1 Å². The summed E-state index contributed by atoms with van der Waals surface area (Å²) in [6, 6.07) is 0. The molecular formula is C9H15ClO. The fourth-order valence-electron chi connectivity index (χ4n) is 0.833. The van der Waals surface area contributed by atoms with Crippen LogP contribution in [0.4, 0.5) is 0 Å². The monoisotopic (exact) mass is 174 g/mol. The van der Waals surface area contributed by atoms with Crippen LogP contribution in [0.5, 0.6) is 0 Å². The Morgan fingerprint density at radius 1 is 1.36 bits per heavy atom. The van der Waals surface area contributed by atoms with Crippen LogP contribution in [0, 0.1) is 0 Å². The van der Waals surface area contributed by atoms with E-state index in [9.17, 15) is 4.79 Å². The average Bonchev–Trinajstić information content (AvgIpc) is 2.01. The molecule has 0 aliphatic heterocycles. The van der Waals surface area contributed by atoms with Crippen molar-refractivity contribution in [3.63, 3.8) is 0 Å². The van der Waals surface area contributed by atoms with Crippen molar-refractivity contribution in [1.29, 1.82) is 0 Å². The number of halogens is 1. The summed E-state index contributed by atoms with van der Waals surface area (Å²) in [5.41, 5.74) is 0. The lowest BCUT2D eigenvalue weighted by Crippen LogP contribution is -1.97. The molecule has 0 saturated heterocycles. The quantitative estimate of drug-likeness (QED) is 0.330. The minimum atomic E-state index is 0.326. The third-order valence-electron chi connectivity index (χ3n) is 1.45. The van der Waals surface area contributed by atoms with Crippen molar-refractivity contribution in [2.45, 2.75) is 32.1 Å². The summed E-state index contributed by atoms with van der Waals surface area (Å²) in [6.07, 6.45) is 5.85. The molecule has 0 aliphatic rings. The fourth-order valence-corrected chi connectivity index (χ4v) is 0.966. The summed E-state index contributed by atoms with van der Waals surface area (Å²) in [4.78, 5) is 11.0. The van der Waals surface area contributed by atoms with E-state index in [4.69, 9.17) is 11.6 Å². The Morgan fingerprint density at radius 3 is 2.55 bits per heavy atom. The van der Waals surface area contributed by atoms with Crippen molar-refractivity contribution < 1.29 is 4.79 Å². The van der Waals surface area contributed by atoms with Gasteiger partial charge >= 0.3 is 0 Å². The zero-order chi connectivity index (χ0) is 8.53. The number of ketones is 1. The molecule has 0 fully saturated rings. The number of unbranched alkanes of at least 4 members (excludes halogenated alkanes) is 1. The lowest BCUT2D eigenvalue weighted by atomic mass is 10.1. The third kappa shape index (κ3) is 7.60. The Morgan fingerprint density at radius 2 is 2.00 bits per heavy atom. The first-order chi connectivity index (χ1) is 5.31. The Labute approximate surface area is 73.4 Å². The van der Waals surface area contributed by atoms with Gasteiger partial charge in [-0.15, -0.1) is 18.2 Å². The second kappa shape index (κ2) is 7.80. The predicted octanol–water partition coefficient (Wildman–Crippen LogP) is 2.93. The van der Waals surface area contributed by atoms with Crippen molar-refractivity contribution in [3.8, 4) is 0 Å². The van der Waals surface area contributed by atoms with Gasteiger partial charge in [-0.3, -0.25) is 4.79 Å². The average molecular weight is 175 g/mol. The zero-order valence-corrected chi connectivity index (χ0v) is 7.57. The van der Waals surface area contributed by atoms with Crippen LogP contribution in [0.25, 0.3) is 0 Å². The van der Waals surface area contributed by atoms with Crippen LogP contribution in [0.2, 0.25) is 0 Å². The molecule has 64 valence electrons. The highest BCUT2D eigenvalue weighted by molar-refractivity contribution is 6.17. The Balaban J connectivity index is 3.15. The minimum Gasteiger partial charge on any atom is -0.300 e. The van der Waals surface area contributed by atoms with E-state index in [1.54, 1.807) is 0 Å². The highest BCUT2D eigenvalue weighted by Gasteiger charge is 1.99. The summed E-state index contributed by atoms with van der Waals surface area (Å²) in [6.45, 7) is 3.59. The molecule has 0 aromatic carbocycles. The summed E-state index contributed by atoms with van der Waals surface area (Å²) in [5, 5.41) is 0. The molecule has 0 aromatic heterocycles. The van der Waals surface area contributed by atoms with Crippen LogP contribution in [0.1, 0.15) is 32.1 Å². The molecule has 0 unspecified atom stereocenters. The second-order valence-corrected chi connectivity index (χ2v) is 2.89. The summed E-state index contributed by atoms with van der Waals surface area (Å²) >= 11 is 5.44. The Kier molecular flexibility index (Phi) is 7.59. The summed E-state index contributed by atoms with van der Waals surface area (Å²) in [5.74, 6) is 0.917. The van der Waals surface area contributed by atoms with Crippen molar-refractivity contribution in [1.82, 2.24) is 0 Å². The zero-order valence-electron chi connectivity index (χ0n) is 6.81. The van der Waals surface area contributed by atoms with Gasteiger partial charge in [-0.25, -0.2) is 0 Å². The van der Waals surface area contributed by atoms with Gasteiger partial charge in [0.15, 0.2) is 0 Å². The number of hydrogen-bond acceptors (Lipinski definition) is 1. The maximum absolute atomic E-state index is 11.0. The van der Waals surface area contributed by atoms with E-state index in [2.05, 4.69) is 6.58 Å². The predicted molar refractivity (Wildman–Crippen MR) is 49.0 cm³/mol. The molecule has 0 aliphatic carbocycles. The van der Waals surface area contributed by atoms with Gasteiger partial charge in [0.25, 0.3) is 0 Å². The molecule has 0 spiro atoms. The van der Waals surface area contributed by atoms with Crippen LogP contribution in [-0.2, 0) is 4.79 Å². The molecule has 0 aromatic rings.